The minimum Gasteiger partial charge on any atom is -0.485 e. The Kier molecular flexibility index (Phi) is 4.16. The molecule has 0 saturated heterocycles. The lowest BCUT2D eigenvalue weighted by Crippen LogP contribution is -2.42. The summed E-state index contributed by atoms with van der Waals surface area (Å²) < 4.78 is 11.9. The Morgan fingerprint density at radius 2 is 2.23 bits per heavy atom. The third kappa shape index (κ3) is 2.75. The molecule has 5 nitrogen and oxygen atoms in total. The summed E-state index contributed by atoms with van der Waals surface area (Å²) in [6.07, 6.45) is 6.31. The van der Waals surface area contributed by atoms with Crippen LogP contribution >= 0.6 is 0 Å². The van der Waals surface area contributed by atoms with E-state index >= 15 is 0 Å². The molecule has 1 aromatic carbocycles. The Bertz CT molecular complexity index is 808. The van der Waals surface area contributed by atoms with Crippen molar-refractivity contribution >= 4 is 5.97 Å². The lowest BCUT2D eigenvalue weighted by Gasteiger charge is -2.35. The third-order valence-corrected chi connectivity index (χ3v) is 5.54. The number of hydrogen-bond donors (Lipinski definition) is 1. The SMILES string of the molecule is CC(C)=CC(=O)Oc1ccc2c3c1O[C@H]1C[C@@H](O)C=C[C@@]31CCN(C)C2. The normalized spacial score (nSPS) is 29.2. The van der Waals surface area contributed by atoms with Gasteiger partial charge in [0, 0.05) is 24.6 Å². The van der Waals surface area contributed by atoms with Gasteiger partial charge in [0.2, 0.25) is 0 Å². The Morgan fingerprint density at radius 1 is 1.42 bits per heavy atom. The zero-order valence-corrected chi connectivity index (χ0v) is 15.5. The van der Waals surface area contributed by atoms with E-state index in [0.29, 0.717) is 17.9 Å². The average Bonchev–Trinajstić information content (AvgIpc) is 2.82. The summed E-state index contributed by atoms with van der Waals surface area (Å²) in [6, 6.07) is 3.87. The molecule has 26 heavy (non-hydrogen) atoms. The molecule has 0 radical (unpaired) electrons. The molecule has 4 rings (SSSR count). The quantitative estimate of drug-likeness (QED) is 0.383. The Labute approximate surface area is 153 Å². The lowest BCUT2D eigenvalue weighted by molar-refractivity contribution is -0.129. The van der Waals surface area contributed by atoms with Crippen molar-refractivity contribution in [2.45, 2.75) is 50.9 Å². The number of aliphatic hydroxyl groups excluding tert-OH is 1. The first-order valence-corrected chi connectivity index (χ1v) is 9.15. The van der Waals surface area contributed by atoms with Gasteiger partial charge in [-0.3, -0.25) is 0 Å². The Balaban J connectivity index is 1.82. The molecular weight excluding hydrogens is 330 g/mol. The van der Waals surface area contributed by atoms with Crippen LogP contribution in [0.4, 0.5) is 0 Å². The smallest absolute Gasteiger partial charge is 0.336 e. The topological polar surface area (TPSA) is 59.0 Å². The van der Waals surface area contributed by atoms with Crippen LogP contribution < -0.4 is 9.47 Å². The van der Waals surface area contributed by atoms with Gasteiger partial charge >= 0.3 is 5.97 Å². The average molecular weight is 355 g/mol. The number of allylic oxidation sites excluding steroid dienone is 1. The second kappa shape index (κ2) is 6.25. The van der Waals surface area contributed by atoms with Gasteiger partial charge < -0.3 is 19.5 Å². The van der Waals surface area contributed by atoms with Gasteiger partial charge in [-0.1, -0.05) is 23.8 Å². The molecule has 0 fully saturated rings. The molecule has 0 aromatic heterocycles. The van der Waals surface area contributed by atoms with E-state index in [9.17, 15) is 9.90 Å². The molecule has 0 unspecified atom stereocenters. The summed E-state index contributed by atoms with van der Waals surface area (Å²) in [7, 11) is 2.12. The van der Waals surface area contributed by atoms with Crippen LogP contribution in [0.15, 0.2) is 35.9 Å². The molecule has 0 amide bonds. The van der Waals surface area contributed by atoms with Crippen LogP contribution in [0.2, 0.25) is 0 Å². The molecule has 1 spiro atoms. The van der Waals surface area contributed by atoms with E-state index < -0.39 is 12.1 Å². The third-order valence-electron chi connectivity index (χ3n) is 5.54. The molecule has 2 aliphatic heterocycles. The summed E-state index contributed by atoms with van der Waals surface area (Å²) in [5.74, 6) is 0.736. The van der Waals surface area contributed by atoms with Crippen LogP contribution in [0.5, 0.6) is 11.5 Å². The number of aliphatic hydroxyl groups is 1. The maximum Gasteiger partial charge on any atom is 0.336 e. The van der Waals surface area contributed by atoms with Crippen LogP contribution in [0, 0.1) is 0 Å². The highest BCUT2D eigenvalue weighted by Crippen LogP contribution is 2.55. The number of carbonyl (C=O) groups is 1. The molecule has 138 valence electrons. The van der Waals surface area contributed by atoms with Gasteiger partial charge in [0.15, 0.2) is 11.5 Å². The van der Waals surface area contributed by atoms with Crippen LogP contribution in [-0.2, 0) is 16.8 Å². The summed E-state index contributed by atoms with van der Waals surface area (Å²) in [4.78, 5) is 14.4. The van der Waals surface area contributed by atoms with E-state index in [2.05, 4.69) is 18.0 Å². The van der Waals surface area contributed by atoms with Gasteiger partial charge in [-0.2, -0.15) is 0 Å². The van der Waals surface area contributed by atoms with E-state index in [0.717, 1.165) is 30.6 Å². The van der Waals surface area contributed by atoms with Crippen molar-refractivity contribution < 1.29 is 19.4 Å². The number of nitrogens with zero attached hydrogens (tertiary/aromatic N) is 1. The number of ether oxygens (including phenoxy) is 2. The van der Waals surface area contributed by atoms with Crippen LogP contribution in [0.1, 0.15) is 37.8 Å². The molecule has 1 N–H and O–H groups in total. The number of benzene rings is 1. The predicted molar refractivity (Wildman–Crippen MR) is 98.3 cm³/mol. The largest absolute Gasteiger partial charge is 0.485 e. The van der Waals surface area contributed by atoms with Gasteiger partial charge in [-0.05, 0) is 45.5 Å². The Morgan fingerprint density at radius 3 is 3.00 bits per heavy atom. The minimum absolute atomic E-state index is 0.133. The summed E-state index contributed by atoms with van der Waals surface area (Å²) in [6.45, 7) is 5.50. The summed E-state index contributed by atoms with van der Waals surface area (Å²) >= 11 is 0. The fourth-order valence-corrected chi connectivity index (χ4v) is 4.37. The second-order valence-electron chi connectivity index (χ2n) is 7.87. The maximum absolute atomic E-state index is 12.1. The Hall–Kier alpha value is -2.11. The molecule has 0 saturated carbocycles. The van der Waals surface area contributed by atoms with Crippen molar-refractivity contribution in [1.82, 2.24) is 4.90 Å². The lowest BCUT2D eigenvalue weighted by atomic mass is 9.69. The second-order valence-corrected chi connectivity index (χ2v) is 7.87. The first-order chi connectivity index (χ1) is 12.4. The van der Waals surface area contributed by atoms with Gasteiger partial charge in [-0.25, -0.2) is 4.79 Å². The number of carbonyl (C=O) groups excluding carboxylic acids is 1. The summed E-state index contributed by atoms with van der Waals surface area (Å²) in [5.41, 5.74) is 2.95. The highest BCUT2D eigenvalue weighted by molar-refractivity contribution is 5.85. The molecule has 3 aliphatic rings. The maximum atomic E-state index is 12.1. The summed E-state index contributed by atoms with van der Waals surface area (Å²) in [5, 5.41) is 10.1. The molecule has 1 aliphatic carbocycles. The molecule has 2 heterocycles. The number of esters is 1. The molecule has 0 bridgehead atoms. The monoisotopic (exact) mass is 355 g/mol. The molecule has 1 aromatic rings. The number of rotatable bonds is 2. The van der Waals surface area contributed by atoms with Crippen LogP contribution in [0.25, 0.3) is 0 Å². The molecular formula is C21H25NO4. The molecule has 3 atom stereocenters. The predicted octanol–water partition coefficient (Wildman–Crippen LogP) is 2.71. The zero-order valence-electron chi connectivity index (χ0n) is 15.5. The number of hydrogen-bond acceptors (Lipinski definition) is 5. The van der Waals surface area contributed by atoms with Crippen molar-refractivity contribution in [1.29, 1.82) is 0 Å². The van der Waals surface area contributed by atoms with Gasteiger partial charge in [0.25, 0.3) is 0 Å². The van der Waals surface area contributed by atoms with E-state index in [4.69, 9.17) is 9.47 Å². The fraction of sp³-hybridized carbons (Fsp3) is 0.476. The fourth-order valence-electron chi connectivity index (χ4n) is 4.37. The van der Waals surface area contributed by atoms with Crippen LogP contribution in [-0.4, -0.2) is 41.8 Å². The van der Waals surface area contributed by atoms with Gasteiger partial charge in [0.05, 0.1) is 11.5 Å². The van der Waals surface area contributed by atoms with Crippen molar-refractivity contribution in [3.05, 3.63) is 47.1 Å². The minimum atomic E-state index is -0.499. The van der Waals surface area contributed by atoms with E-state index in [1.807, 2.05) is 32.1 Å². The van der Waals surface area contributed by atoms with Crippen molar-refractivity contribution in [3.8, 4) is 11.5 Å². The first-order valence-electron chi connectivity index (χ1n) is 9.15. The van der Waals surface area contributed by atoms with Gasteiger partial charge in [0.1, 0.15) is 6.10 Å². The van der Waals surface area contributed by atoms with E-state index in [-0.39, 0.29) is 11.5 Å². The highest BCUT2D eigenvalue weighted by atomic mass is 16.6. The van der Waals surface area contributed by atoms with Gasteiger partial charge in [-0.15, -0.1) is 0 Å². The standard InChI is InChI=1S/C21H25NO4/c1-13(2)10-18(24)25-16-5-4-14-12-22(3)9-8-21-7-6-15(23)11-17(21)26-20(16)19(14)21/h4-7,10,15,17,23H,8-9,11-12H2,1-3H3/t15-,17-,21-/m0/s1. The van der Waals surface area contributed by atoms with E-state index in [1.165, 1.54) is 11.6 Å². The first kappa shape index (κ1) is 17.3. The van der Waals surface area contributed by atoms with Crippen molar-refractivity contribution in [3.63, 3.8) is 0 Å². The molecule has 5 heteroatoms. The van der Waals surface area contributed by atoms with Crippen molar-refractivity contribution in [2.24, 2.45) is 0 Å². The highest BCUT2D eigenvalue weighted by Gasteiger charge is 2.52. The zero-order chi connectivity index (χ0) is 18.5. The van der Waals surface area contributed by atoms with Crippen LogP contribution in [0.3, 0.4) is 0 Å². The van der Waals surface area contributed by atoms with E-state index in [1.54, 1.807) is 0 Å². The van der Waals surface area contributed by atoms with Crippen molar-refractivity contribution in [2.75, 3.05) is 13.6 Å².